The lowest BCUT2D eigenvalue weighted by Gasteiger charge is -2.48. The van der Waals surface area contributed by atoms with E-state index in [1.165, 1.54) is 39.1 Å². The summed E-state index contributed by atoms with van der Waals surface area (Å²) in [4.78, 5) is 13.2. The van der Waals surface area contributed by atoms with E-state index in [9.17, 15) is 0 Å². The molecule has 0 atom stereocenters. The van der Waals surface area contributed by atoms with Crippen LogP contribution in [0.2, 0.25) is 0 Å². The highest BCUT2D eigenvalue weighted by molar-refractivity contribution is 5.91. The first-order chi connectivity index (χ1) is 18.7. The maximum absolute atomic E-state index is 5.42. The number of anilines is 3. The molecule has 0 saturated carbocycles. The van der Waals surface area contributed by atoms with Gasteiger partial charge in [0.1, 0.15) is 11.6 Å². The Morgan fingerprint density at radius 3 is 1.35 bits per heavy atom. The minimum absolute atomic E-state index is 0. The number of para-hydroxylation sites is 1. The third-order valence-corrected chi connectivity index (χ3v) is 8.97. The number of pyridine rings is 2. The van der Waals surface area contributed by atoms with Crippen molar-refractivity contribution in [3.63, 3.8) is 0 Å². The highest BCUT2D eigenvalue weighted by Crippen LogP contribution is 2.59. The van der Waals surface area contributed by atoms with E-state index in [0.717, 1.165) is 34.2 Å². The molecule has 4 heterocycles. The van der Waals surface area contributed by atoms with E-state index in [4.69, 9.17) is 9.97 Å². The number of fused-ring (bicyclic) bond motifs is 4. The molecule has 200 valence electrons. The Bertz CT molecular complexity index is 1670. The van der Waals surface area contributed by atoms with Gasteiger partial charge in [-0.2, -0.15) is 0 Å². The number of hydrogen-bond donors (Lipinski definition) is 0. The molecule has 5 aromatic rings. The summed E-state index contributed by atoms with van der Waals surface area (Å²) >= 11 is 0. The molecule has 3 nitrogen and oxygen atoms in total. The zero-order chi connectivity index (χ0) is 27.1. The number of hydrogen-bond acceptors (Lipinski definition) is 3. The molecular weight excluding hydrogens is 486 g/mol. The fraction of sp³-hybridized carbons (Fsp3) is 0.243. The van der Waals surface area contributed by atoms with Crippen LogP contribution in [0.5, 0.6) is 0 Å². The SMILES string of the molecule is C.Cc1ccccc1-c1ccc2c(n1)N1c3nc(-c4ccccc4C)ccc3C(C)(C)c3cccc(c31)C2(C)C. The van der Waals surface area contributed by atoms with Crippen molar-refractivity contribution in [3.05, 3.63) is 124 Å². The van der Waals surface area contributed by atoms with Crippen molar-refractivity contribution in [2.45, 2.75) is 59.8 Å². The Morgan fingerprint density at radius 2 is 0.925 bits per heavy atom. The molecule has 0 radical (unpaired) electrons. The standard InChI is InChI=1S/C36H33N3.CH4/c1-22-12-7-9-14-24(22)30-20-18-28-33(37-30)39-32-26(35(28,3)4)16-11-17-27(32)36(5,6)29-19-21-31(38-34(29)39)25-15-10-8-13-23(25)2;/h7-21H,1-6H3;1H4. The van der Waals surface area contributed by atoms with Crippen LogP contribution in [0.25, 0.3) is 22.5 Å². The fourth-order valence-electron chi connectivity index (χ4n) is 6.63. The first-order valence-corrected chi connectivity index (χ1v) is 13.8. The lowest BCUT2D eigenvalue weighted by atomic mass is 9.67. The van der Waals surface area contributed by atoms with E-state index in [1.807, 2.05) is 0 Å². The molecule has 40 heavy (non-hydrogen) atoms. The van der Waals surface area contributed by atoms with Crippen LogP contribution in [0.3, 0.4) is 0 Å². The van der Waals surface area contributed by atoms with Gasteiger partial charge in [-0.15, -0.1) is 0 Å². The minimum Gasteiger partial charge on any atom is -0.278 e. The van der Waals surface area contributed by atoms with Crippen LogP contribution >= 0.6 is 0 Å². The van der Waals surface area contributed by atoms with Crippen molar-refractivity contribution in [2.24, 2.45) is 0 Å². The molecule has 3 heteroatoms. The van der Waals surface area contributed by atoms with Gasteiger partial charge in [0, 0.05) is 33.1 Å². The highest BCUT2D eigenvalue weighted by atomic mass is 15.3. The summed E-state index contributed by atoms with van der Waals surface area (Å²) in [5, 5.41) is 0. The zero-order valence-corrected chi connectivity index (χ0v) is 23.5. The smallest absolute Gasteiger partial charge is 0.143 e. The Kier molecular flexibility index (Phi) is 5.78. The second-order valence-corrected chi connectivity index (χ2v) is 12.1. The Morgan fingerprint density at radius 1 is 0.500 bits per heavy atom. The zero-order valence-electron chi connectivity index (χ0n) is 23.5. The first kappa shape index (κ1) is 26.0. The third-order valence-electron chi connectivity index (χ3n) is 8.97. The van der Waals surface area contributed by atoms with Gasteiger partial charge in [0.15, 0.2) is 0 Å². The average Bonchev–Trinajstić information content (AvgIpc) is 2.93. The van der Waals surface area contributed by atoms with Gasteiger partial charge >= 0.3 is 0 Å². The van der Waals surface area contributed by atoms with Crippen LogP contribution in [0.1, 0.15) is 68.5 Å². The van der Waals surface area contributed by atoms with Gasteiger partial charge in [-0.25, -0.2) is 9.97 Å². The van der Waals surface area contributed by atoms with E-state index in [0.29, 0.717) is 0 Å². The first-order valence-electron chi connectivity index (χ1n) is 13.8. The molecule has 7 rings (SSSR count). The van der Waals surface area contributed by atoms with Gasteiger partial charge in [-0.3, -0.25) is 4.90 Å². The summed E-state index contributed by atoms with van der Waals surface area (Å²) in [5.41, 5.74) is 12.7. The average molecular weight is 524 g/mol. The molecule has 0 bridgehead atoms. The largest absolute Gasteiger partial charge is 0.278 e. The summed E-state index contributed by atoms with van der Waals surface area (Å²) in [6, 6.07) is 32.7. The maximum Gasteiger partial charge on any atom is 0.143 e. The summed E-state index contributed by atoms with van der Waals surface area (Å²) in [5.74, 6) is 1.96. The molecule has 2 aliphatic heterocycles. The summed E-state index contributed by atoms with van der Waals surface area (Å²) in [6.45, 7) is 13.6. The summed E-state index contributed by atoms with van der Waals surface area (Å²) in [6.07, 6.45) is 0. The van der Waals surface area contributed by atoms with Crippen LogP contribution in [-0.4, -0.2) is 9.97 Å². The van der Waals surface area contributed by atoms with Crippen LogP contribution in [-0.2, 0) is 10.8 Å². The van der Waals surface area contributed by atoms with E-state index in [2.05, 4.69) is 137 Å². The lowest BCUT2D eigenvalue weighted by Crippen LogP contribution is -2.39. The van der Waals surface area contributed by atoms with E-state index in [1.54, 1.807) is 0 Å². The molecule has 2 aliphatic rings. The second kappa shape index (κ2) is 8.89. The molecular formula is C37H37N3. The van der Waals surface area contributed by atoms with Gasteiger partial charge in [-0.05, 0) is 48.2 Å². The van der Waals surface area contributed by atoms with Gasteiger partial charge in [0.25, 0.3) is 0 Å². The molecule has 3 aromatic carbocycles. The molecule has 0 N–H and O–H groups in total. The summed E-state index contributed by atoms with van der Waals surface area (Å²) in [7, 11) is 0. The number of nitrogens with zero attached hydrogens (tertiary/aromatic N) is 3. The van der Waals surface area contributed by atoms with Crippen molar-refractivity contribution in [2.75, 3.05) is 4.90 Å². The number of benzene rings is 3. The van der Waals surface area contributed by atoms with Crippen LogP contribution < -0.4 is 4.90 Å². The molecule has 2 aromatic heterocycles. The molecule has 0 amide bonds. The van der Waals surface area contributed by atoms with Crippen molar-refractivity contribution < 1.29 is 0 Å². The highest BCUT2D eigenvalue weighted by Gasteiger charge is 2.46. The molecule has 0 unspecified atom stereocenters. The van der Waals surface area contributed by atoms with Crippen LogP contribution in [0.15, 0.2) is 91.0 Å². The van der Waals surface area contributed by atoms with Crippen molar-refractivity contribution in [1.82, 2.24) is 9.97 Å². The minimum atomic E-state index is -0.199. The van der Waals surface area contributed by atoms with Gasteiger partial charge in [-0.1, -0.05) is 114 Å². The Balaban J connectivity index is 0.00000289. The predicted molar refractivity (Wildman–Crippen MR) is 168 cm³/mol. The van der Waals surface area contributed by atoms with Gasteiger partial charge in [0.05, 0.1) is 17.1 Å². The van der Waals surface area contributed by atoms with Crippen molar-refractivity contribution in [3.8, 4) is 22.5 Å². The summed E-state index contributed by atoms with van der Waals surface area (Å²) < 4.78 is 0. The number of aryl methyl sites for hydroxylation is 2. The molecule has 0 saturated heterocycles. The molecule has 0 spiro atoms. The third kappa shape index (κ3) is 3.50. The lowest BCUT2D eigenvalue weighted by molar-refractivity contribution is 0.591. The van der Waals surface area contributed by atoms with Crippen LogP contribution in [0, 0.1) is 13.8 Å². The van der Waals surface area contributed by atoms with Crippen LogP contribution in [0.4, 0.5) is 17.3 Å². The number of rotatable bonds is 2. The molecule has 0 fully saturated rings. The van der Waals surface area contributed by atoms with E-state index < -0.39 is 0 Å². The Labute approximate surface area is 238 Å². The van der Waals surface area contributed by atoms with E-state index in [-0.39, 0.29) is 18.3 Å². The van der Waals surface area contributed by atoms with E-state index >= 15 is 0 Å². The van der Waals surface area contributed by atoms with Gasteiger partial charge < -0.3 is 0 Å². The normalized spacial score (nSPS) is 15.4. The fourth-order valence-corrected chi connectivity index (χ4v) is 6.63. The maximum atomic E-state index is 5.42. The monoisotopic (exact) mass is 523 g/mol. The van der Waals surface area contributed by atoms with Crippen molar-refractivity contribution >= 4 is 17.3 Å². The topological polar surface area (TPSA) is 29.0 Å². The Hall–Kier alpha value is -4.24. The number of aromatic nitrogens is 2. The second-order valence-electron chi connectivity index (χ2n) is 12.1. The predicted octanol–water partition coefficient (Wildman–Crippen LogP) is 9.81. The molecule has 0 aliphatic carbocycles. The van der Waals surface area contributed by atoms with Gasteiger partial charge in [0.2, 0.25) is 0 Å². The quantitative estimate of drug-likeness (QED) is 0.231. The van der Waals surface area contributed by atoms with Crippen molar-refractivity contribution in [1.29, 1.82) is 0 Å².